The summed E-state index contributed by atoms with van der Waals surface area (Å²) in [6.07, 6.45) is 8.82. The minimum Gasteiger partial charge on any atom is -0.381 e. The van der Waals surface area contributed by atoms with Gasteiger partial charge in [0.05, 0.1) is 13.2 Å². The van der Waals surface area contributed by atoms with E-state index in [1.165, 1.54) is 12.8 Å². The van der Waals surface area contributed by atoms with Gasteiger partial charge < -0.3 is 4.74 Å². The van der Waals surface area contributed by atoms with Crippen molar-refractivity contribution in [2.45, 2.75) is 25.7 Å². The molecule has 3 aliphatic rings. The number of fused-ring (bicyclic) bond motifs is 2. The molecule has 1 saturated heterocycles. The van der Waals surface area contributed by atoms with Crippen molar-refractivity contribution in [3.05, 3.63) is 12.2 Å². The second kappa shape index (κ2) is 3.75. The summed E-state index contributed by atoms with van der Waals surface area (Å²) in [6, 6.07) is 0. The fourth-order valence-corrected chi connectivity index (χ4v) is 3.23. The van der Waals surface area contributed by atoms with Gasteiger partial charge >= 0.3 is 0 Å². The highest BCUT2D eigenvalue weighted by molar-refractivity contribution is 5.79. The highest BCUT2D eigenvalue weighted by Gasteiger charge is 2.36. The number of rotatable bonds is 4. The van der Waals surface area contributed by atoms with E-state index in [0.29, 0.717) is 17.6 Å². The van der Waals surface area contributed by atoms with Crippen LogP contribution in [0.15, 0.2) is 12.2 Å². The maximum atomic E-state index is 11.8. The maximum absolute atomic E-state index is 11.8. The van der Waals surface area contributed by atoms with Crippen LogP contribution in [-0.4, -0.2) is 19.0 Å². The fraction of sp³-hybridized carbons (Fsp3) is 0.769. The third kappa shape index (κ3) is 1.87. The van der Waals surface area contributed by atoms with Crippen LogP contribution in [0.5, 0.6) is 0 Å². The summed E-state index contributed by atoms with van der Waals surface area (Å²) in [4.78, 5) is 11.8. The Morgan fingerprint density at radius 1 is 1.20 bits per heavy atom. The molecule has 0 aromatic heterocycles. The topological polar surface area (TPSA) is 26.3 Å². The van der Waals surface area contributed by atoms with Crippen molar-refractivity contribution in [1.82, 2.24) is 0 Å². The molecule has 2 fully saturated rings. The number of carbonyl (C=O) groups excluding carboxylic acids is 1. The number of Topliss-reactive ketones (excluding diaryl/α,β-unsaturated/α-hetero) is 1. The normalized spacial score (nSPS) is 38.3. The summed E-state index contributed by atoms with van der Waals surface area (Å²) in [5.74, 6) is 3.17. The quantitative estimate of drug-likeness (QED) is 0.659. The molecule has 0 amide bonds. The van der Waals surface area contributed by atoms with Crippen LogP contribution in [0.4, 0.5) is 0 Å². The van der Waals surface area contributed by atoms with Crippen molar-refractivity contribution >= 4 is 5.78 Å². The van der Waals surface area contributed by atoms with E-state index in [0.717, 1.165) is 37.9 Å². The predicted octanol–water partition coefficient (Wildman–Crippen LogP) is 2.19. The monoisotopic (exact) mass is 206 g/mol. The van der Waals surface area contributed by atoms with Crippen LogP contribution in [0.25, 0.3) is 0 Å². The SMILES string of the molecule is O=C(CC1COC1)CC1CC2C=CC1C2. The van der Waals surface area contributed by atoms with E-state index < -0.39 is 0 Å². The van der Waals surface area contributed by atoms with Gasteiger partial charge in [0.1, 0.15) is 5.78 Å². The second-order valence-electron chi connectivity index (χ2n) is 5.39. The summed E-state index contributed by atoms with van der Waals surface area (Å²) < 4.78 is 5.09. The van der Waals surface area contributed by atoms with Crippen molar-refractivity contribution in [2.75, 3.05) is 13.2 Å². The summed E-state index contributed by atoms with van der Waals surface area (Å²) in [5, 5.41) is 0. The molecule has 0 N–H and O–H groups in total. The minimum atomic E-state index is 0.467. The lowest BCUT2D eigenvalue weighted by molar-refractivity contribution is -0.125. The lowest BCUT2D eigenvalue weighted by atomic mass is 9.86. The fourth-order valence-electron chi connectivity index (χ4n) is 3.23. The number of allylic oxidation sites excluding steroid dienone is 2. The standard InChI is InChI=1S/C13H18O2/c14-13(5-10-7-15-8-10)6-12-4-9-1-2-11(12)3-9/h1-2,9-12H,3-8H2. The van der Waals surface area contributed by atoms with Crippen LogP contribution >= 0.6 is 0 Å². The van der Waals surface area contributed by atoms with E-state index in [-0.39, 0.29) is 0 Å². The van der Waals surface area contributed by atoms with E-state index in [2.05, 4.69) is 12.2 Å². The first-order valence-electron chi connectivity index (χ1n) is 6.09. The first-order valence-corrected chi connectivity index (χ1v) is 6.09. The number of ketones is 1. The van der Waals surface area contributed by atoms with E-state index in [9.17, 15) is 4.79 Å². The van der Waals surface area contributed by atoms with Crippen LogP contribution in [0.1, 0.15) is 25.7 Å². The van der Waals surface area contributed by atoms with Gasteiger partial charge in [0.25, 0.3) is 0 Å². The van der Waals surface area contributed by atoms with E-state index >= 15 is 0 Å². The molecule has 3 atom stereocenters. The van der Waals surface area contributed by atoms with Gasteiger partial charge in [0, 0.05) is 18.8 Å². The van der Waals surface area contributed by atoms with Crippen LogP contribution in [0.3, 0.4) is 0 Å². The Balaban J connectivity index is 1.48. The van der Waals surface area contributed by atoms with Gasteiger partial charge in [0.2, 0.25) is 0 Å². The zero-order valence-electron chi connectivity index (χ0n) is 9.02. The molecule has 0 spiro atoms. The van der Waals surface area contributed by atoms with Crippen LogP contribution in [-0.2, 0) is 9.53 Å². The average molecular weight is 206 g/mol. The highest BCUT2D eigenvalue weighted by Crippen LogP contribution is 2.45. The number of ether oxygens (including phenoxy) is 1. The predicted molar refractivity (Wildman–Crippen MR) is 57.4 cm³/mol. The molecule has 1 heterocycles. The van der Waals surface area contributed by atoms with Crippen molar-refractivity contribution in [3.63, 3.8) is 0 Å². The van der Waals surface area contributed by atoms with Crippen LogP contribution in [0.2, 0.25) is 0 Å². The van der Waals surface area contributed by atoms with Gasteiger partial charge in [-0.05, 0) is 30.6 Å². The molecule has 2 heteroatoms. The first-order chi connectivity index (χ1) is 7.31. The number of hydrogen-bond donors (Lipinski definition) is 0. The van der Waals surface area contributed by atoms with Gasteiger partial charge in [-0.25, -0.2) is 0 Å². The highest BCUT2D eigenvalue weighted by atomic mass is 16.5. The number of hydrogen-bond acceptors (Lipinski definition) is 2. The van der Waals surface area contributed by atoms with Gasteiger partial charge in [-0.2, -0.15) is 0 Å². The Morgan fingerprint density at radius 2 is 2.07 bits per heavy atom. The second-order valence-corrected chi connectivity index (χ2v) is 5.39. The van der Waals surface area contributed by atoms with E-state index in [1.807, 2.05) is 0 Å². The molecular weight excluding hydrogens is 188 g/mol. The van der Waals surface area contributed by atoms with Crippen molar-refractivity contribution in [2.24, 2.45) is 23.7 Å². The zero-order chi connectivity index (χ0) is 10.3. The van der Waals surface area contributed by atoms with Crippen molar-refractivity contribution in [1.29, 1.82) is 0 Å². The summed E-state index contributed by atoms with van der Waals surface area (Å²) in [7, 11) is 0. The lowest BCUT2D eigenvalue weighted by Gasteiger charge is -2.26. The van der Waals surface area contributed by atoms with Gasteiger partial charge in [-0.3, -0.25) is 4.79 Å². The third-order valence-electron chi connectivity index (χ3n) is 4.13. The molecule has 1 saturated carbocycles. The average Bonchev–Trinajstić information content (AvgIpc) is 2.72. The Kier molecular flexibility index (Phi) is 2.39. The molecule has 1 aliphatic heterocycles. The molecule has 82 valence electrons. The summed E-state index contributed by atoms with van der Waals surface area (Å²) in [5.41, 5.74) is 0. The van der Waals surface area contributed by atoms with E-state index in [1.54, 1.807) is 0 Å². The molecule has 2 aliphatic carbocycles. The Morgan fingerprint density at radius 3 is 2.60 bits per heavy atom. The lowest BCUT2D eigenvalue weighted by Crippen LogP contribution is -2.30. The minimum absolute atomic E-state index is 0.467. The smallest absolute Gasteiger partial charge is 0.133 e. The third-order valence-corrected chi connectivity index (χ3v) is 4.13. The largest absolute Gasteiger partial charge is 0.381 e. The Hall–Kier alpha value is -0.630. The van der Waals surface area contributed by atoms with Crippen LogP contribution < -0.4 is 0 Å². The molecular formula is C13H18O2. The molecule has 15 heavy (non-hydrogen) atoms. The van der Waals surface area contributed by atoms with Crippen LogP contribution in [0, 0.1) is 23.7 Å². The molecule has 3 rings (SSSR count). The summed E-state index contributed by atoms with van der Waals surface area (Å²) in [6.45, 7) is 1.62. The van der Waals surface area contributed by atoms with Gasteiger partial charge in [0.15, 0.2) is 0 Å². The molecule has 0 aromatic rings. The molecule has 0 radical (unpaired) electrons. The first kappa shape index (κ1) is 9.59. The van der Waals surface area contributed by atoms with Gasteiger partial charge in [-0.1, -0.05) is 12.2 Å². The van der Waals surface area contributed by atoms with Gasteiger partial charge in [-0.15, -0.1) is 0 Å². The number of carbonyl (C=O) groups is 1. The molecule has 0 aromatic carbocycles. The Labute approximate surface area is 90.7 Å². The summed E-state index contributed by atoms with van der Waals surface area (Å²) >= 11 is 0. The molecule has 2 nitrogen and oxygen atoms in total. The van der Waals surface area contributed by atoms with Crippen molar-refractivity contribution < 1.29 is 9.53 Å². The Bertz CT molecular complexity index is 291. The van der Waals surface area contributed by atoms with E-state index in [4.69, 9.17) is 4.74 Å². The van der Waals surface area contributed by atoms with Crippen molar-refractivity contribution in [3.8, 4) is 0 Å². The molecule has 2 bridgehead atoms. The maximum Gasteiger partial charge on any atom is 0.133 e. The zero-order valence-corrected chi connectivity index (χ0v) is 9.02. The molecule has 3 unspecified atom stereocenters.